The number of benzene rings is 2. The molecule has 0 aliphatic rings. The molecule has 5 nitrogen and oxygen atoms in total. The van der Waals surface area contributed by atoms with Crippen molar-refractivity contribution in [3.63, 3.8) is 0 Å². The molecule has 1 heterocycles. The van der Waals surface area contributed by atoms with Gasteiger partial charge in [-0.3, -0.25) is 4.79 Å². The molecule has 0 fully saturated rings. The van der Waals surface area contributed by atoms with Crippen molar-refractivity contribution >= 4 is 16.9 Å². The van der Waals surface area contributed by atoms with E-state index in [1.165, 1.54) is 12.1 Å². The van der Waals surface area contributed by atoms with Crippen LogP contribution in [0.1, 0.15) is 11.1 Å². The molecule has 0 radical (unpaired) electrons. The molecule has 0 unspecified atom stereocenters. The predicted molar refractivity (Wildman–Crippen MR) is 96.0 cm³/mol. The van der Waals surface area contributed by atoms with Crippen molar-refractivity contribution in [3.8, 4) is 11.5 Å². The maximum atomic E-state index is 12.5. The van der Waals surface area contributed by atoms with Crippen LogP contribution in [0.2, 0.25) is 0 Å². The number of methoxy groups -OCH3 is 1. The van der Waals surface area contributed by atoms with Gasteiger partial charge in [0.05, 0.1) is 19.8 Å². The first-order valence-electron chi connectivity index (χ1n) is 8.28. The highest BCUT2D eigenvalue weighted by Crippen LogP contribution is 2.26. The van der Waals surface area contributed by atoms with Gasteiger partial charge in [0.2, 0.25) is 5.91 Å². The predicted octanol–water partition coefficient (Wildman–Crippen LogP) is 4.24. The third kappa shape index (κ3) is 4.55. The summed E-state index contributed by atoms with van der Waals surface area (Å²) in [4.78, 5) is 14.1. The number of rotatable bonds is 7. The fourth-order valence-corrected chi connectivity index (χ4v) is 2.76. The lowest BCUT2D eigenvalue weighted by Crippen LogP contribution is -2.27. The van der Waals surface area contributed by atoms with Crippen LogP contribution in [0.25, 0.3) is 11.0 Å². The normalized spacial score (nSPS) is 11.0. The van der Waals surface area contributed by atoms with E-state index in [0.717, 1.165) is 16.5 Å². The molecular formula is C20H19F2NO4. The average Bonchev–Trinajstić information content (AvgIpc) is 3.04. The zero-order valence-corrected chi connectivity index (χ0v) is 14.9. The quantitative estimate of drug-likeness (QED) is 0.620. The van der Waals surface area contributed by atoms with Crippen LogP contribution < -0.4 is 9.47 Å². The standard InChI is InChI=1S/C20H19F2NO4/c1-23(11-13-3-5-15(6-4-13)27-20(21)22)19(24)9-14-12-26-18-10-16(25-2)7-8-17(14)18/h3-8,10,12,20H,9,11H2,1-2H3. The summed E-state index contributed by atoms with van der Waals surface area (Å²) >= 11 is 0. The van der Waals surface area contributed by atoms with Gasteiger partial charge in [-0.1, -0.05) is 12.1 Å². The topological polar surface area (TPSA) is 51.9 Å². The molecule has 1 aromatic heterocycles. The Hall–Kier alpha value is -3.09. The fourth-order valence-electron chi connectivity index (χ4n) is 2.76. The summed E-state index contributed by atoms with van der Waals surface area (Å²) in [5.41, 5.74) is 2.27. The van der Waals surface area contributed by atoms with Gasteiger partial charge < -0.3 is 18.8 Å². The summed E-state index contributed by atoms with van der Waals surface area (Å²) in [5, 5.41) is 0.867. The number of nitrogens with zero attached hydrogens (tertiary/aromatic N) is 1. The molecule has 1 amide bonds. The highest BCUT2D eigenvalue weighted by Gasteiger charge is 2.15. The lowest BCUT2D eigenvalue weighted by molar-refractivity contribution is -0.129. The Morgan fingerprint density at radius 3 is 2.52 bits per heavy atom. The van der Waals surface area contributed by atoms with Crippen molar-refractivity contribution in [1.82, 2.24) is 4.90 Å². The maximum absolute atomic E-state index is 12.5. The molecule has 7 heteroatoms. The van der Waals surface area contributed by atoms with E-state index in [4.69, 9.17) is 9.15 Å². The monoisotopic (exact) mass is 375 g/mol. The number of halogens is 2. The van der Waals surface area contributed by atoms with Gasteiger partial charge >= 0.3 is 6.61 Å². The summed E-state index contributed by atoms with van der Waals surface area (Å²) in [6.45, 7) is -2.50. The lowest BCUT2D eigenvalue weighted by Gasteiger charge is -2.17. The van der Waals surface area contributed by atoms with Gasteiger partial charge in [0.15, 0.2) is 0 Å². The molecule has 0 aliphatic heterocycles. The smallest absolute Gasteiger partial charge is 0.387 e. The van der Waals surface area contributed by atoms with E-state index in [-0.39, 0.29) is 18.1 Å². The molecule has 0 spiro atoms. The maximum Gasteiger partial charge on any atom is 0.387 e. The Kier molecular flexibility index (Phi) is 5.59. The van der Waals surface area contributed by atoms with Crippen LogP contribution in [0.15, 0.2) is 53.1 Å². The van der Waals surface area contributed by atoms with Gasteiger partial charge in [0, 0.05) is 30.6 Å². The number of alkyl halides is 2. The molecule has 0 atom stereocenters. The lowest BCUT2D eigenvalue weighted by atomic mass is 10.1. The number of furan rings is 1. The van der Waals surface area contributed by atoms with Crippen LogP contribution >= 0.6 is 0 Å². The van der Waals surface area contributed by atoms with Crippen LogP contribution in [-0.2, 0) is 17.8 Å². The Morgan fingerprint density at radius 1 is 1.15 bits per heavy atom. The van der Waals surface area contributed by atoms with E-state index in [9.17, 15) is 13.6 Å². The second-order valence-electron chi connectivity index (χ2n) is 6.07. The molecule has 142 valence electrons. The van der Waals surface area contributed by atoms with Crippen LogP contribution in [0.5, 0.6) is 11.5 Å². The summed E-state index contributed by atoms with van der Waals surface area (Å²) in [6.07, 6.45) is 1.77. The van der Waals surface area contributed by atoms with E-state index in [2.05, 4.69) is 4.74 Å². The first-order valence-corrected chi connectivity index (χ1v) is 8.28. The molecular weight excluding hydrogens is 356 g/mol. The number of carbonyl (C=O) groups excluding carboxylic acids is 1. The highest BCUT2D eigenvalue weighted by molar-refractivity contribution is 5.88. The van der Waals surface area contributed by atoms with Crippen molar-refractivity contribution in [2.45, 2.75) is 19.6 Å². The van der Waals surface area contributed by atoms with Gasteiger partial charge in [-0.05, 0) is 29.8 Å². The number of ether oxygens (including phenoxy) is 2. The van der Waals surface area contributed by atoms with Crippen LogP contribution in [0.3, 0.4) is 0 Å². The second kappa shape index (κ2) is 8.07. The minimum Gasteiger partial charge on any atom is -0.497 e. The van der Waals surface area contributed by atoms with Crippen molar-refractivity contribution < 1.29 is 27.5 Å². The Morgan fingerprint density at radius 2 is 1.85 bits per heavy atom. The number of hydrogen-bond donors (Lipinski definition) is 0. The molecule has 0 N–H and O–H groups in total. The number of likely N-dealkylation sites (N-methyl/N-ethyl adjacent to an activating group) is 1. The molecule has 0 bridgehead atoms. The van der Waals surface area contributed by atoms with Gasteiger partial charge in [-0.15, -0.1) is 0 Å². The molecule has 27 heavy (non-hydrogen) atoms. The number of amides is 1. The van der Waals surface area contributed by atoms with E-state index < -0.39 is 6.61 Å². The van der Waals surface area contributed by atoms with E-state index in [0.29, 0.717) is 17.9 Å². The second-order valence-corrected chi connectivity index (χ2v) is 6.07. The molecule has 3 rings (SSSR count). The van der Waals surface area contributed by atoms with Gasteiger partial charge in [0.25, 0.3) is 0 Å². The summed E-state index contributed by atoms with van der Waals surface area (Å²) in [5.74, 6) is 0.690. The summed E-state index contributed by atoms with van der Waals surface area (Å²) in [7, 11) is 3.27. The number of fused-ring (bicyclic) bond motifs is 1. The average molecular weight is 375 g/mol. The van der Waals surface area contributed by atoms with E-state index in [1.807, 2.05) is 12.1 Å². The first-order chi connectivity index (χ1) is 13.0. The van der Waals surface area contributed by atoms with Crippen LogP contribution in [-0.4, -0.2) is 31.6 Å². The minimum atomic E-state index is -2.86. The fraction of sp³-hybridized carbons (Fsp3) is 0.250. The molecule has 0 saturated heterocycles. The molecule has 2 aromatic carbocycles. The third-order valence-corrected chi connectivity index (χ3v) is 4.20. The summed E-state index contributed by atoms with van der Waals surface area (Å²) < 4.78 is 39.3. The Balaban J connectivity index is 1.64. The van der Waals surface area contributed by atoms with Crippen molar-refractivity contribution in [3.05, 3.63) is 59.9 Å². The Bertz CT molecular complexity index is 921. The van der Waals surface area contributed by atoms with Crippen molar-refractivity contribution in [2.24, 2.45) is 0 Å². The SMILES string of the molecule is COc1ccc2c(CC(=O)N(C)Cc3ccc(OC(F)F)cc3)coc2c1. The van der Waals surface area contributed by atoms with E-state index >= 15 is 0 Å². The molecule has 3 aromatic rings. The van der Waals surface area contributed by atoms with Crippen molar-refractivity contribution in [2.75, 3.05) is 14.2 Å². The summed E-state index contributed by atoms with van der Waals surface area (Å²) in [6, 6.07) is 11.7. The van der Waals surface area contributed by atoms with Gasteiger partial charge in [0.1, 0.15) is 17.1 Å². The minimum absolute atomic E-state index is 0.0820. The zero-order valence-electron chi connectivity index (χ0n) is 14.9. The van der Waals surface area contributed by atoms with Gasteiger partial charge in [-0.2, -0.15) is 8.78 Å². The first kappa shape index (κ1) is 18.7. The van der Waals surface area contributed by atoms with Gasteiger partial charge in [-0.25, -0.2) is 0 Å². The van der Waals surface area contributed by atoms with Crippen LogP contribution in [0, 0.1) is 0 Å². The van der Waals surface area contributed by atoms with Crippen molar-refractivity contribution in [1.29, 1.82) is 0 Å². The number of carbonyl (C=O) groups is 1. The number of hydrogen-bond acceptors (Lipinski definition) is 4. The third-order valence-electron chi connectivity index (χ3n) is 4.20. The zero-order chi connectivity index (χ0) is 19.4. The van der Waals surface area contributed by atoms with Crippen LogP contribution in [0.4, 0.5) is 8.78 Å². The molecule has 0 saturated carbocycles. The highest BCUT2D eigenvalue weighted by atomic mass is 19.3. The Labute approximate surface area is 155 Å². The van der Waals surface area contributed by atoms with E-state index in [1.54, 1.807) is 43.5 Å². The molecule has 0 aliphatic carbocycles. The largest absolute Gasteiger partial charge is 0.497 e.